The quantitative estimate of drug-likeness (QED) is 0.564. The second kappa shape index (κ2) is 8.62. The Labute approximate surface area is 144 Å². The maximum Gasteiger partial charge on any atom is 0.157 e. The molecule has 1 unspecified atom stereocenters. The first-order valence-corrected chi connectivity index (χ1v) is 10.6. The van der Waals surface area contributed by atoms with Crippen molar-refractivity contribution in [1.82, 2.24) is 0 Å². The monoisotopic (exact) mass is 344 g/mol. The first kappa shape index (κ1) is 17.4. The van der Waals surface area contributed by atoms with Crippen molar-refractivity contribution < 1.29 is 14.0 Å². The van der Waals surface area contributed by atoms with E-state index in [1.165, 1.54) is 0 Å². The van der Waals surface area contributed by atoms with Gasteiger partial charge in [0, 0.05) is 23.4 Å². The van der Waals surface area contributed by atoms with Crippen LogP contribution in [0, 0.1) is 0 Å². The van der Waals surface area contributed by atoms with Gasteiger partial charge >= 0.3 is 0 Å². The zero-order chi connectivity index (χ0) is 16.7. The first-order chi connectivity index (χ1) is 11.8. The fraction of sp³-hybridized carbons (Fsp3) is 0.400. The molecule has 0 spiro atoms. The second-order valence-electron chi connectivity index (χ2n) is 6.15. The van der Waals surface area contributed by atoms with Crippen molar-refractivity contribution in [2.45, 2.75) is 32.0 Å². The van der Waals surface area contributed by atoms with E-state index in [4.69, 9.17) is 9.47 Å². The van der Waals surface area contributed by atoms with Gasteiger partial charge in [0.2, 0.25) is 0 Å². The summed E-state index contributed by atoms with van der Waals surface area (Å²) in [7, 11) is -2.61. The van der Waals surface area contributed by atoms with Crippen LogP contribution in [0.25, 0.3) is 0 Å². The molecule has 1 atom stereocenters. The molecule has 3 nitrogen and oxygen atoms in total. The molecule has 4 heteroatoms. The van der Waals surface area contributed by atoms with Crippen LogP contribution in [0.1, 0.15) is 25.7 Å². The predicted molar refractivity (Wildman–Crippen MR) is 98.8 cm³/mol. The third-order valence-corrected chi connectivity index (χ3v) is 7.62. The average Bonchev–Trinajstić information content (AvgIpc) is 2.67. The van der Waals surface area contributed by atoms with Gasteiger partial charge in [-0.15, -0.1) is 0 Å². The van der Waals surface area contributed by atoms with E-state index < -0.39 is 7.14 Å². The summed E-state index contributed by atoms with van der Waals surface area (Å²) in [5.74, 6) is 0. The van der Waals surface area contributed by atoms with E-state index in [1.807, 2.05) is 60.7 Å². The minimum absolute atomic E-state index is 0.0772. The van der Waals surface area contributed by atoms with Crippen LogP contribution in [0.2, 0.25) is 0 Å². The summed E-state index contributed by atoms with van der Waals surface area (Å²) in [6.45, 7) is 1.38. The minimum atomic E-state index is -2.61. The standard InChI is InChI=1S/C20H25O3P/c21-24(18-10-3-1-4-11-18,19-12-5-2-6-13-19)17-9-16-23-20-14-7-8-15-22-20/h1-6,10-13,20H,7-9,14-17H2. The lowest BCUT2D eigenvalue weighted by atomic mass is 10.2. The molecule has 0 bridgehead atoms. The molecule has 2 aromatic carbocycles. The lowest BCUT2D eigenvalue weighted by molar-refractivity contribution is -0.162. The Morgan fingerprint density at radius 1 is 0.958 bits per heavy atom. The van der Waals surface area contributed by atoms with Gasteiger partial charge in [-0.25, -0.2) is 0 Å². The zero-order valence-electron chi connectivity index (χ0n) is 14.0. The fourth-order valence-electron chi connectivity index (χ4n) is 3.09. The van der Waals surface area contributed by atoms with Gasteiger partial charge in [-0.3, -0.25) is 0 Å². The van der Waals surface area contributed by atoms with Crippen LogP contribution < -0.4 is 10.6 Å². The number of hydrogen-bond acceptors (Lipinski definition) is 3. The van der Waals surface area contributed by atoms with Crippen molar-refractivity contribution in [3.8, 4) is 0 Å². The largest absolute Gasteiger partial charge is 0.353 e. The molecule has 24 heavy (non-hydrogen) atoms. The Hall–Kier alpha value is -1.41. The summed E-state index contributed by atoms with van der Waals surface area (Å²) in [5, 5.41) is 1.84. The van der Waals surface area contributed by atoms with Crippen molar-refractivity contribution in [1.29, 1.82) is 0 Å². The highest BCUT2D eigenvalue weighted by Crippen LogP contribution is 2.43. The lowest BCUT2D eigenvalue weighted by Crippen LogP contribution is -2.24. The van der Waals surface area contributed by atoms with E-state index in [2.05, 4.69) is 0 Å². The number of hydrogen-bond donors (Lipinski definition) is 0. The van der Waals surface area contributed by atoms with Crippen molar-refractivity contribution >= 4 is 17.8 Å². The Morgan fingerprint density at radius 2 is 1.58 bits per heavy atom. The highest BCUT2D eigenvalue weighted by molar-refractivity contribution is 7.78. The van der Waals surface area contributed by atoms with Crippen LogP contribution in [-0.2, 0) is 14.0 Å². The molecule has 1 saturated heterocycles. The van der Waals surface area contributed by atoms with Crippen LogP contribution >= 0.6 is 7.14 Å². The Balaban J connectivity index is 1.66. The minimum Gasteiger partial charge on any atom is -0.353 e. The summed E-state index contributed by atoms with van der Waals surface area (Å²) in [5.41, 5.74) is 0. The maximum atomic E-state index is 13.8. The summed E-state index contributed by atoms with van der Waals surface area (Å²) in [6.07, 6.45) is 4.56. The van der Waals surface area contributed by atoms with Gasteiger partial charge in [0.05, 0.1) is 6.61 Å². The molecule has 1 aliphatic heterocycles. The molecule has 0 aliphatic carbocycles. The molecule has 0 amide bonds. The van der Waals surface area contributed by atoms with Gasteiger partial charge < -0.3 is 14.0 Å². The molecular weight excluding hydrogens is 319 g/mol. The smallest absolute Gasteiger partial charge is 0.157 e. The van der Waals surface area contributed by atoms with E-state index in [0.717, 1.165) is 42.9 Å². The molecule has 0 N–H and O–H groups in total. The molecule has 128 valence electrons. The molecule has 1 heterocycles. The summed E-state index contributed by atoms with van der Waals surface area (Å²) in [6, 6.07) is 19.6. The van der Waals surface area contributed by atoms with Crippen molar-refractivity contribution in [2.24, 2.45) is 0 Å². The van der Waals surface area contributed by atoms with Gasteiger partial charge in [0.15, 0.2) is 6.29 Å². The van der Waals surface area contributed by atoms with E-state index in [9.17, 15) is 4.57 Å². The SMILES string of the molecule is O=P(CCCOC1CCCCO1)(c1ccccc1)c1ccccc1. The number of benzene rings is 2. The maximum absolute atomic E-state index is 13.8. The van der Waals surface area contributed by atoms with Gasteiger partial charge in [0.25, 0.3) is 0 Å². The molecule has 1 aliphatic rings. The predicted octanol–water partition coefficient (Wildman–Crippen LogP) is 3.93. The van der Waals surface area contributed by atoms with Gasteiger partial charge in [0.1, 0.15) is 7.14 Å². The Kier molecular flexibility index (Phi) is 6.25. The van der Waals surface area contributed by atoms with Crippen molar-refractivity contribution in [3.63, 3.8) is 0 Å². The first-order valence-electron chi connectivity index (χ1n) is 8.72. The van der Waals surface area contributed by atoms with Gasteiger partial charge in [-0.2, -0.15) is 0 Å². The third-order valence-electron chi connectivity index (χ3n) is 4.41. The van der Waals surface area contributed by atoms with Crippen LogP contribution in [0.4, 0.5) is 0 Å². The summed E-state index contributed by atoms with van der Waals surface area (Å²) in [4.78, 5) is 0. The van der Waals surface area contributed by atoms with E-state index >= 15 is 0 Å². The highest BCUT2D eigenvalue weighted by atomic mass is 31.2. The topological polar surface area (TPSA) is 35.5 Å². The molecule has 0 radical (unpaired) electrons. The van der Waals surface area contributed by atoms with E-state index in [-0.39, 0.29) is 6.29 Å². The van der Waals surface area contributed by atoms with Crippen molar-refractivity contribution in [2.75, 3.05) is 19.4 Å². The van der Waals surface area contributed by atoms with Crippen LogP contribution in [-0.4, -0.2) is 25.7 Å². The summed E-state index contributed by atoms with van der Waals surface area (Å²) < 4.78 is 25.2. The Morgan fingerprint density at radius 3 is 2.12 bits per heavy atom. The van der Waals surface area contributed by atoms with E-state index in [0.29, 0.717) is 12.8 Å². The average molecular weight is 344 g/mol. The molecule has 3 rings (SSSR count). The third kappa shape index (κ3) is 4.36. The molecule has 0 aromatic heterocycles. The molecular formula is C20H25O3P. The normalized spacial score (nSPS) is 18.4. The van der Waals surface area contributed by atoms with Crippen LogP contribution in [0.5, 0.6) is 0 Å². The van der Waals surface area contributed by atoms with Crippen molar-refractivity contribution in [3.05, 3.63) is 60.7 Å². The summed E-state index contributed by atoms with van der Waals surface area (Å²) >= 11 is 0. The van der Waals surface area contributed by atoms with E-state index in [1.54, 1.807) is 0 Å². The van der Waals surface area contributed by atoms with Gasteiger partial charge in [-0.1, -0.05) is 60.7 Å². The zero-order valence-corrected chi connectivity index (χ0v) is 14.9. The number of ether oxygens (including phenoxy) is 2. The molecule has 2 aromatic rings. The van der Waals surface area contributed by atoms with Crippen LogP contribution in [0.3, 0.4) is 0 Å². The highest BCUT2D eigenvalue weighted by Gasteiger charge is 2.26. The van der Waals surface area contributed by atoms with Crippen LogP contribution in [0.15, 0.2) is 60.7 Å². The fourth-order valence-corrected chi connectivity index (χ4v) is 5.79. The number of rotatable bonds is 7. The Bertz CT molecular complexity index is 608. The molecule has 1 fully saturated rings. The second-order valence-corrected chi connectivity index (χ2v) is 9.11. The van der Waals surface area contributed by atoms with Gasteiger partial charge in [-0.05, 0) is 25.7 Å². The molecule has 0 saturated carbocycles. The lowest BCUT2D eigenvalue weighted by Gasteiger charge is -2.23.